The molecule has 0 atom stereocenters. The molecule has 0 heterocycles. The Kier molecular flexibility index (Phi) is 4.48. The molecule has 0 fully saturated rings. The zero-order chi connectivity index (χ0) is 14.5. The Balaban J connectivity index is 1.92. The maximum absolute atomic E-state index is 10.6. The molecule has 4 nitrogen and oxygen atoms in total. The van der Waals surface area contributed by atoms with Crippen molar-refractivity contribution >= 4 is 5.69 Å². The number of non-ortho nitro benzene ring substituents is 1. The van der Waals surface area contributed by atoms with Gasteiger partial charge in [0.1, 0.15) is 0 Å². The summed E-state index contributed by atoms with van der Waals surface area (Å²) in [6.07, 6.45) is 0. The van der Waals surface area contributed by atoms with Gasteiger partial charge < -0.3 is 5.32 Å². The molecule has 0 aliphatic heterocycles. The molecule has 0 spiro atoms. The Morgan fingerprint density at radius 1 is 1.05 bits per heavy atom. The lowest BCUT2D eigenvalue weighted by atomic mass is 10.0. The van der Waals surface area contributed by atoms with Gasteiger partial charge >= 0.3 is 0 Å². The fourth-order valence-electron chi connectivity index (χ4n) is 2.08. The molecule has 2 rings (SSSR count). The van der Waals surface area contributed by atoms with E-state index >= 15 is 0 Å². The number of hydrogen-bond donors (Lipinski definition) is 1. The van der Waals surface area contributed by atoms with E-state index in [1.165, 1.54) is 28.8 Å². The van der Waals surface area contributed by atoms with Gasteiger partial charge in [0.05, 0.1) is 4.92 Å². The molecule has 0 radical (unpaired) electrons. The number of aryl methyl sites for hydroxylation is 1. The maximum Gasteiger partial charge on any atom is 0.269 e. The molecular formula is C16H18N2O2. The zero-order valence-electron chi connectivity index (χ0n) is 11.7. The van der Waals surface area contributed by atoms with Crippen molar-refractivity contribution in [2.24, 2.45) is 0 Å². The second-order valence-electron chi connectivity index (χ2n) is 4.89. The zero-order valence-corrected chi connectivity index (χ0v) is 11.7. The normalized spacial score (nSPS) is 10.5. The van der Waals surface area contributed by atoms with E-state index in [1.54, 1.807) is 12.1 Å². The van der Waals surface area contributed by atoms with E-state index < -0.39 is 0 Å². The Morgan fingerprint density at radius 2 is 1.75 bits per heavy atom. The number of nitro groups is 1. The first kappa shape index (κ1) is 14.2. The van der Waals surface area contributed by atoms with Crippen molar-refractivity contribution in [3.05, 3.63) is 74.8 Å². The van der Waals surface area contributed by atoms with Crippen LogP contribution in [0.4, 0.5) is 5.69 Å². The molecule has 0 unspecified atom stereocenters. The predicted octanol–water partition coefficient (Wildman–Crippen LogP) is 3.50. The van der Waals surface area contributed by atoms with Gasteiger partial charge in [0.25, 0.3) is 5.69 Å². The molecule has 0 aliphatic carbocycles. The molecule has 4 heteroatoms. The van der Waals surface area contributed by atoms with Crippen LogP contribution >= 0.6 is 0 Å². The largest absolute Gasteiger partial charge is 0.309 e. The summed E-state index contributed by atoms with van der Waals surface area (Å²) in [5, 5.41) is 13.9. The molecule has 2 aromatic carbocycles. The molecule has 0 amide bonds. The molecule has 1 N–H and O–H groups in total. The molecule has 0 aliphatic rings. The van der Waals surface area contributed by atoms with E-state index in [1.807, 2.05) is 0 Å². The second kappa shape index (κ2) is 6.30. The van der Waals surface area contributed by atoms with Crippen LogP contribution < -0.4 is 5.32 Å². The molecule has 104 valence electrons. The van der Waals surface area contributed by atoms with Gasteiger partial charge in [-0.25, -0.2) is 0 Å². The van der Waals surface area contributed by atoms with E-state index in [4.69, 9.17) is 0 Å². The number of benzene rings is 2. The van der Waals surface area contributed by atoms with Crippen LogP contribution in [0.5, 0.6) is 0 Å². The van der Waals surface area contributed by atoms with Crippen LogP contribution in [0.15, 0.2) is 42.5 Å². The standard InChI is InChI=1S/C16H18N2O2/c1-12-4-3-5-15(13(12)2)11-17-10-14-6-8-16(9-7-14)18(19)20/h3-9,17H,10-11H2,1-2H3. The average molecular weight is 270 g/mol. The van der Waals surface area contributed by atoms with Crippen molar-refractivity contribution in [2.75, 3.05) is 0 Å². The summed E-state index contributed by atoms with van der Waals surface area (Å²) in [4.78, 5) is 10.2. The third-order valence-electron chi connectivity index (χ3n) is 3.51. The predicted molar refractivity (Wildman–Crippen MR) is 79.6 cm³/mol. The Morgan fingerprint density at radius 3 is 2.40 bits per heavy atom. The smallest absolute Gasteiger partial charge is 0.269 e. The van der Waals surface area contributed by atoms with Gasteiger partial charge in [-0.3, -0.25) is 10.1 Å². The minimum absolute atomic E-state index is 0.128. The number of hydrogen-bond acceptors (Lipinski definition) is 3. The van der Waals surface area contributed by atoms with Crippen LogP contribution in [0, 0.1) is 24.0 Å². The number of rotatable bonds is 5. The lowest BCUT2D eigenvalue weighted by Gasteiger charge is -2.10. The van der Waals surface area contributed by atoms with Crippen molar-refractivity contribution in [1.29, 1.82) is 0 Å². The summed E-state index contributed by atoms with van der Waals surface area (Å²) < 4.78 is 0. The summed E-state index contributed by atoms with van der Waals surface area (Å²) in [6.45, 7) is 5.73. The summed E-state index contributed by atoms with van der Waals surface area (Å²) in [5.74, 6) is 0. The first-order valence-electron chi connectivity index (χ1n) is 6.57. The van der Waals surface area contributed by atoms with Crippen LogP contribution in [0.25, 0.3) is 0 Å². The lowest BCUT2D eigenvalue weighted by Crippen LogP contribution is -2.13. The third-order valence-corrected chi connectivity index (χ3v) is 3.51. The topological polar surface area (TPSA) is 55.2 Å². The molecule has 0 saturated carbocycles. The van der Waals surface area contributed by atoms with Crippen LogP contribution in [0.2, 0.25) is 0 Å². The van der Waals surface area contributed by atoms with Crippen LogP contribution in [0.3, 0.4) is 0 Å². The van der Waals surface area contributed by atoms with E-state index in [-0.39, 0.29) is 10.6 Å². The van der Waals surface area contributed by atoms with E-state index in [0.717, 1.165) is 12.1 Å². The van der Waals surface area contributed by atoms with Gasteiger partial charge in [0, 0.05) is 25.2 Å². The van der Waals surface area contributed by atoms with Gasteiger partial charge in [-0.2, -0.15) is 0 Å². The van der Waals surface area contributed by atoms with Crippen molar-refractivity contribution in [2.45, 2.75) is 26.9 Å². The Bertz CT molecular complexity index is 606. The van der Waals surface area contributed by atoms with E-state index in [0.29, 0.717) is 6.54 Å². The Hall–Kier alpha value is -2.20. The fraction of sp³-hybridized carbons (Fsp3) is 0.250. The van der Waals surface area contributed by atoms with Crippen molar-refractivity contribution in [1.82, 2.24) is 5.32 Å². The molecule has 0 saturated heterocycles. The highest BCUT2D eigenvalue weighted by atomic mass is 16.6. The maximum atomic E-state index is 10.6. The molecular weight excluding hydrogens is 252 g/mol. The highest BCUT2D eigenvalue weighted by Crippen LogP contribution is 2.14. The van der Waals surface area contributed by atoms with Gasteiger partial charge in [0.15, 0.2) is 0 Å². The van der Waals surface area contributed by atoms with Gasteiger partial charge in [0.2, 0.25) is 0 Å². The van der Waals surface area contributed by atoms with Crippen LogP contribution in [0.1, 0.15) is 22.3 Å². The van der Waals surface area contributed by atoms with E-state index in [9.17, 15) is 10.1 Å². The minimum Gasteiger partial charge on any atom is -0.309 e. The number of nitro benzene ring substituents is 1. The van der Waals surface area contributed by atoms with Gasteiger partial charge in [-0.1, -0.05) is 30.3 Å². The van der Waals surface area contributed by atoms with Crippen molar-refractivity contribution < 1.29 is 4.92 Å². The molecule has 0 aromatic heterocycles. The highest BCUT2D eigenvalue weighted by molar-refractivity contribution is 5.34. The minimum atomic E-state index is -0.382. The quantitative estimate of drug-likeness (QED) is 0.668. The monoisotopic (exact) mass is 270 g/mol. The van der Waals surface area contributed by atoms with Crippen molar-refractivity contribution in [3.8, 4) is 0 Å². The summed E-state index contributed by atoms with van der Waals surface area (Å²) in [7, 11) is 0. The van der Waals surface area contributed by atoms with Crippen LogP contribution in [-0.2, 0) is 13.1 Å². The SMILES string of the molecule is Cc1cccc(CNCc2ccc([N+](=O)[O-])cc2)c1C. The first-order valence-corrected chi connectivity index (χ1v) is 6.57. The van der Waals surface area contributed by atoms with Gasteiger partial charge in [-0.05, 0) is 36.1 Å². The van der Waals surface area contributed by atoms with Gasteiger partial charge in [-0.15, -0.1) is 0 Å². The summed E-state index contributed by atoms with van der Waals surface area (Å²) >= 11 is 0. The summed E-state index contributed by atoms with van der Waals surface area (Å²) in [5.41, 5.74) is 5.06. The Labute approximate surface area is 118 Å². The summed E-state index contributed by atoms with van der Waals surface area (Å²) in [6, 6.07) is 12.9. The third kappa shape index (κ3) is 3.42. The van der Waals surface area contributed by atoms with Crippen molar-refractivity contribution in [3.63, 3.8) is 0 Å². The molecule has 2 aromatic rings. The number of nitrogens with zero attached hydrogens (tertiary/aromatic N) is 1. The van der Waals surface area contributed by atoms with Crippen LogP contribution in [-0.4, -0.2) is 4.92 Å². The first-order chi connectivity index (χ1) is 9.58. The van der Waals surface area contributed by atoms with E-state index in [2.05, 4.69) is 37.4 Å². The highest BCUT2D eigenvalue weighted by Gasteiger charge is 2.04. The second-order valence-corrected chi connectivity index (χ2v) is 4.89. The lowest BCUT2D eigenvalue weighted by molar-refractivity contribution is -0.384. The molecule has 0 bridgehead atoms. The number of nitrogens with one attached hydrogen (secondary N) is 1. The average Bonchev–Trinajstić information content (AvgIpc) is 2.44. The molecule has 20 heavy (non-hydrogen) atoms. The fourth-order valence-corrected chi connectivity index (χ4v) is 2.08.